The zero-order valence-electron chi connectivity index (χ0n) is 7.16. The summed E-state index contributed by atoms with van der Waals surface area (Å²) in [6, 6.07) is 0. The van der Waals surface area contributed by atoms with Crippen molar-refractivity contribution in [3.05, 3.63) is 17.5 Å². The van der Waals surface area contributed by atoms with Crippen molar-refractivity contribution in [3.63, 3.8) is 0 Å². The first-order valence-corrected chi connectivity index (χ1v) is 3.90. The summed E-state index contributed by atoms with van der Waals surface area (Å²) >= 11 is 0. The van der Waals surface area contributed by atoms with E-state index in [1.54, 1.807) is 6.21 Å². The Balaban J connectivity index is 2.67. The highest BCUT2D eigenvalue weighted by Crippen LogP contribution is 2.34. The fourth-order valence-electron chi connectivity index (χ4n) is 1.25. The van der Waals surface area contributed by atoms with Gasteiger partial charge in [0.05, 0.1) is 5.69 Å². The average Bonchev–Trinajstić information content (AvgIpc) is 2.12. The van der Waals surface area contributed by atoms with E-state index >= 15 is 0 Å². The van der Waals surface area contributed by atoms with Crippen molar-refractivity contribution < 1.29 is 4.74 Å². The van der Waals surface area contributed by atoms with Gasteiger partial charge in [-0.05, 0) is 13.8 Å². The van der Waals surface area contributed by atoms with E-state index in [0.717, 1.165) is 22.7 Å². The number of ether oxygens (including phenoxy) is 1. The van der Waals surface area contributed by atoms with Crippen molar-refractivity contribution in [2.75, 3.05) is 6.61 Å². The normalized spacial score (nSPS) is 13.8. The number of hydrogen-bond acceptors (Lipinski definition) is 3. The molecule has 1 aliphatic rings. The molecule has 0 saturated carbocycles. The maximum Gasteiger partial charge on any atom is 0.151 e. The Bertz CT molecular complexity index is 345. The fourth-order valence-corrected chi connectivity index (χ4v) is 1.25. The predicted molar refractivity (Wildman–Crippen MR) is 47.4 cm³/mol. The van der Waals surface area contributed by atoms with E-state index in [2.05, 4.69) is 9.98 Å². The van der Waals surface area contributed by atoms with E-state index in [4.69, 9.17) is 4.74 Å². The molecule has 3 nitrogen and oxygen atoms in total. The van der Waals surface area contributed by atoms with Gasteiger partial charge < -0.3 is 4.74 Å². The number of aromatic nitrogens is 1. The third-order valence-corrected chi connectivity index (χ3v) is 1.89. The predicted octanol–water partition coefficient (Wildman–Crippen LogP) is 1.79. The first-order valence-electron chi connectivity index (χ1n) is 3.90. The standard InChI is InChI=1S/C9H10N2O/c1-6-5-11-7(2)8-9(6)12-4-3-10-8/h3,5H,4H2,1-2H3. The van der Waals surface area contributed by atoms with Gasteiger partial charge in [-0.3, -0.25) is 9.98 Å². The van der Waals surface area contributed by atoms with Crippen molar-refractivity contribution in [1.82, 2.24) is 4.98 Å². The van der Waals surface area contributed by atoms with Crippen LogP contribution in [-0.4, -0.2) is 17.8 Å². The van der Waals surface area contributed by atoms with Crippen LogP contribution in [0.25, 0.3) is 0 Å². The molecular weight excluding hydrogens is 152 g/mol. The molecule has 0 spiro atoms. The van der Waals surface area contributed by atoms with E-state index < -0.39 is 0 Å². The van der Waals surface area contributed by atoms with Crippen LogP contribution in [0.5, 0.6) is 5.75 Å². The first-order chi connectivity index (χ1) is 5.79. The van der Waals surface area contributed by atoms with E-state index in [-0.39, 0.29) is 0 Å². The van der Waals surface area contributed by atoms with Gasteiger partial charge in [-0.1, -0.05) is 0 Å². The van der Waals surface area contributed by atoms with Crippen molar-refractivity contribution in [3.8, 4) is 5.75 Å². The SMILES string of the molecule is Cc1cnc(C)c2c1OCC=N2. The first kappa shape index (κ1) is 7.28. The van der Waals surface area contributed by atoms with Crippen LogP contribution < -0.4 is 4.74 Å². The number of fused-ring (bicyclic) bond motifs is 1. The summed E-state index contributed by atoms with van der Waals surface area (Å²) in [5.41, 5.74) is 2.85. The maximum atomic E-state index is 5.45. The van der Waals surface area contributed by atoms with Crippen LogP contribution in [0.2, 0.25) is 0 Å². The maximum absolute atomic E-state index is 5.45. The molecule has 3 heteroatoms. The van der Waals surface area contributed by atoms with Crippen LogP contribution in [0.3, 0.4) is 0 Å². The van der Waals surface area contributed by atoms with Crippen molar-refractivity contribution in [2.24, 2.45) is 4.99 Å². The minimum absolute atomic E-state index is 0.567. The molecular formula is C9H10N2O. The Morgan fingerprint density at radius 3 is 3.00 bits per heavy atom. The summed E-state index contributed by atoms with van der Waals surface area (Å²) in [6.07, 6.45) is 3.57. The summed E-state index contributed by atoms with van der Waals surface area (Å²) in [5, 5.41) is 0. The number of aryl methyl sites for hydroxylation is 2. The summed E-state index contributed by atoms with van der Waals surface area (Å²) < 4.78 is 5.45. The van der Waals surface area contributed by atoms with Gasteiger partial charge in [0, 0.05) is 18.0 Å². The van der Waals surface area contributed by atoms with E-state index in [0.29, 0.717) is 6.61 Å². The van der Waals surface area contributed by atoms with Gasteiger partial charge in [0.2, 0.25) is 0 Å². The largest absolute Gasteiger partial charge is 0.485 e. The number of pyridine rings is 1. The highest BCUT2D eigenvalue weighted by atomic mass is 16.5. The summed E-state index contributed by atoms with van der Waals surface area (Å²) in [5.74, 6) is 0.880. The average molecular weight is 162 g/mol. The second-order valence-electron chi connectivity index (χ2n) is 2.83. The molecule has 12 heavy (non-hydrogen) atoms. The minimum atomic E-state index is 0.567. The van der Waals surface area contributed by atoms with Crippen LogP contribution >= 0.6 is 0 Å². The highest BCUT2D eigenvalue weighted by Gasteiger charge is 2.12. The van der Waals surface area contributed by atoms with Crippen LogP contribution in [0.1, 0.15) is 11.3 Å². The third-order valence-electron chi connectivity index (χ3n) is 1.89. The van der Waals surface area contributed by atoms with E-state index in [1.807, 2.05) is 20.0 Å². The Kier molecular flexibility index (Phi) is 1.57. The second-order valence-corrected chi connectivity index (χ2v) is 2.83. The molecule has 0 aliphatic carbocycles. The summed E-state index contributed by atoms with van der Waals surface area (Å²) in [6.45, 7) is 4.48. The lowest BCUT2D eigenvalue weighted by atomic mass is 10.2. The lowest BCUT2D eigenvalue weighted by Gasteiger charge is -2.14. The molecule has 0 radical (unpaired) electrons. The number of nitrogens with zero attached hydrogens (tertiary/aromatic N) is 2. The minimum Gasteiger partial charge on any atom is -0.485 e. The van der Waals surface area contributed by atoms with Crippen molar-refractivity contribution in [2.45, 2.75) is 13.8 Å². The molecule has 0 fully saturated rings. The molecule has 62 valence electrons. The fraction of sp³-hybridized carbons (Fsp3) is 0.333. The summed E-state index contributed by atoms with van der Waals surface area (Å²) in [7, 11) is 0. The number of rotatable bonds is 0. The van der Waals surface area contributed by atoms with Crippen molar-refractivity contribution >= 4 is 11.9 Å². The van der Waals surface area contributed by atoms with Gasteiger partial charge in [-0.15, -0.1) is 0 Å². The lowest BCUT2D eigenvalue weighted by Crippen LogP contribution is -2.05. The van der Waals surface area contributed by atoms with Gasteiger partial charge in [0.15, 0.2) is 5.75 Å². The molecule has 0 atom stereocenters. The van der Waals surface area contributed by atoms with Gasteiger partial charge in [-0.25, -0.2) is 0 Å². The Labute approximate surface area is 71.1 Å². The van der Waals surface area contributed by atoms with Crippen LogP contribution in [0.4, 0.5) is 5.69 Å². The topological polar surface area (TPSA) is 34.5 Å². The monoisotopic (exact) mass is 162 g/mol. The number of hydrogen-bond donors (Lipinski definition) is 0. The van der Waals surface area contributed by atoms with Gasteiger partial charge in [0.25, 0.3) is 0 Å². The lowest BCUT2D eigenvalue weighted by molar-refractivity contribution is 0.373. The Hall–Kier alpha value is -1.38. The molecule has 1 aromatic rings. The van der Waals surface area contributed by atoms with E-state index in [1.165, 1.54) is 0 Å². The van der Waals surface area contributed by atoms with Gasteiger partial charge >= 0.3 is 0 Å². The molecule has 0 amide bonds. The molecule has 2 heterocycles. The zero-order valence-corrected chi connectivity index (χ0v) is 7.16. The van der Waals surface area contributed by atoms with Gasteiger partial charge in [0.1, 0.15) is 12.3 Å². The van der Waals surface area contributed by atoms with Crippen molar-refractivity contribution in [1.29, 1.82) is 0 Å². The summed E-state index contributed by atoms with van der Waals surface area (Å²) in [4.78, 5) is 8.44. The molecule has 1 aliphatic heterocycles. The Morgan fingerprint density at radius 2 is 2.25 bits per heavy atom. The smallest absolute Gasteiger partial charge is 0.151 e. The van der Waals surface area contributed by atoms with Crippen LogP contribution in [0, 0.1) is 13.8 Å². The second kappa shape index (κ2) is 2.59. The Morgan fingerprint density at radius 1 is 1.42 bits per heavy atom. The zero-order chi connectivity index (χ0) is 8.55. The molecule has 0 saturated heterocycles. The van der Waals surface area contributed by atoms with Crippen LogP contribution in [-0.2, 0) is 0 Å². The third kappa shape index (κ3) is 0.978. The molecule has 1 aromatic heterocycles. The quantitative estimate of drug-likeness (QED) is 0.583. The molecule has 0 unspecified atom stereocenters. The van der Waals surface area contributed by atoms with Gasteiger partial charge in [-0.2, -0.15) is 0 Å². The van der Waals surface area contributed by atoms with Crippen LogP contribution in [0.15, 0.2) is 11.2 Å². The molecule has 0 N–H and O–H groups in total. The molecule has 2 rings (SSSR count). The molecule has 0 aromatic carbocycles. The number of aliphatic imine (C=N–C) groups is 1. The molecule has 0 bridgehead atoms. The van der Waals surface area contributed by atoms with E-state index in [9.17, 15) is 0 Å². The highest BCUT2D eigenvalue weighted by molar-refractivity contribution is 5.72.